The Balaban J connectivity index is 2.14. The first-order chi connectivity index (χ1) is 8.36. The Morgan fingerprint density at radius 3 is 2.83 bits per heavy atom. The van der Waals surface area contributed by atoms with Crippen LogP contribution in [0.4, 0.5) is 0 Å². The number of aryl methyl sites for hydroxylation is 2. The van der Waals surface area contributed by atoms with E-state index >= 15 is 0 Å². The van der Waals surface area contributed by atoms with Gasteiger partial charge in [-0.05, 0) is 32.8 Å². The summed E-state index contributed by atoms with van der Waals surface area (Å²) in [7, 11) is 1.93. The van der Waals surface area contributed by atoms with Gasteiger partial charge in [0.2, 0.25) is 0 Å². The summed E-state index contributed by atoms with van der Waals surface area (Å²) in [5.41, 5.74) is 1.24. The van der Waals surface area contributed by atoms with Crippen LogP contribution in [0.1, 0.15) is 44.5 Å². The van der Waals surface area contributed by atoms with Crippen molar-refractivity contribution in [1.82, 2.24) is 9.78 Å². The number of rotatable bonds is 3. The van der Waals surface area contributed by atoms with E-state index in [9.17, 15) is 5.11 Å². The van der Waals surface area contributed by atoms with E-state index in [4.69, 9.17) is 4.74 Å². The highest BCUT2D eigenvalue weighted by Gasteiger charge is 2.41. The van der Waals surface area contributed by atoms with Gasteiger partial charge in [-0.15, -0.1) is 0 Å². The second-order valence-corrected chi connectivity index (χ2v) is 5.88. The monoisotopic (exact) mass is 252 g/mol. The van der Waals surface area contributed by atoms with E-state index in [2.05, 4.69) is 25.0 Å². The first-order valence-electron chi connectivity index (χ1n) is 6.72. The van der Waals surface area contributed by atoms with Gasteiger partial charge in [0.05, 0.1) is 23.5 Å². The average Bonchev–Trinajstić information content (AvgIpc) is 2.56. The van der Waals surface area contributed by atoms with E-state index in [-0.39, 0.29) is 5.60 Å². The number of ether oxygens (including phenoxy) is 1. The highest BCUT2D eigenvalue weighted by Crippen LogP contribution is 2.36. The maximum Gasteiger partial charge on any atom is 0.0752 e. The van der Waals surface area contributed by atoms with Gasteiger partial charge >= 0.3 is 0 Å². The lowest BCUT2D eigenvalue weighted by atomic mass is 9.79. The predicted octanol–water partition coefficient (Wildman–Crippen LogP) is 1.98. The molecular weight excluding hydrogens is 228 g/mol. The third kappa shape index (κ3) is 2.75. The molecule has 2 rings (SSSR count). The van der Waals surface area contributed by atoms with Gasteiger partial charge in [0, 0.05) is 25.6 Å². The first-order valence-corrected chi connectivity index (χ1v) is 6.72. The minimum absolute atomic E-state index is 0.194. The molecule has 0 aliphatic carbocycles. The molecule has 1 fully saturated rings. The van der Waals surface area contributed by atoms with Crippen LogP contribution in [0.5, 0.6) is 0 Å². The Morgan fingerprint density at radius 2 is 2.28 bits per heavy atom. The van der Waals surface area contributed by atoms with Crippen molar-refractivity contribution in [3.63, 3.8) is 0 Å². The van der Waals surface area contributed by atoms with Crippen LogP contribution in [0.3, 0.4) is 0 Å². The Labute approximate surface area is 109 Å². The largest absolute Gasteiger partial charge is 0.389 e. The van der Waals surface area contributed by atoms with Gasteiger partial charge < -0.3 is 9.84 Å². The van der Waals surface area contributed by atoms with Crippen LogP contribution in [-0.2, 0) is 18.2 Å². The third-order valence-electron chi connectivity index (χ3n) is 4.08. The minimum atomic E-state index is -0.663. The number of hydrogen-bond acceptors (Lipinski definition) is 3. The fourth-order valence-corrected chi connectivity index (χ4v) is 2.87. The lowest BCUT2D eigenvalue weighted by Gasteiger charge is -2.43. The van der Waals surface area contributed by atoms with Gasteiger partial charge in [-0.25, -0.2) is 0 Å². The minimum Gasteiger partial charge on any atom is -0.389 e. The Morgan fingerprint density at radius 1 is 1.56 bits per heavy atom. The van der Waals surface area contributed by atoms with Gasteiger partial charge in [0.25, 0.3) is 0 Å². The zero-order chi connectivity index (χ0) is 13.4. The summed E-state index contributed by atoms with van der Waals surface area (Å²) in [4.78, 5) is 0. The van der Waals surface area contributed by atoms with E-state index in [1.54, 1.807) is 0 Å². The Hall–Kier alpha value is -0.870. The van der Waals surface area contributed by atoms with Gasteiger partial charge in [-0.1, -0.05) is 6.92 Å². The van der Waals surface area contributed by atoms with E-state index < -0.39 is 5.60 Å². The van der Waals surface area contributed by atoms with Crippen LogP contribution in [0.25, 0.3) is 0 Å². The van der Waals surface area contributed by atoms with Gasteiger partial charge in [0.15, 0.2) is 0 Å². The molecule has 0 bridgehead atoms. The molecule has 1 aromatic heterocycles. The summed E-state index contributed by atoms with van der Waals surface area (Å²) < 4.78 is 7.67. The maximum atomic E-state index is 10.8. The fourth-order valence-electron chi connectivity index (χ4n) is 2.87. The molecule has 0 aromatic carbocycles. The highest BCUT2D eigenvalue weighted by molar-refractivity contribution is 5.12. The van der Waals surface area contributed by atoms with Crippen molar-refractivity contribution in [2.24, 2.45) is 7.05 Å². The summed E-state index contributed by atoms with van der Waals surface area (Å²) in [6.45, 7) is 6.82. The van der Waals surface area contributed by atoms with Crippen molar-refractivity contribution in [2.45, 2.75) is 57.7 Å². The second-order valence-electron chi connectivity index (χ2n) is 5.88. The maximum absolute atomic E-state index is 10.8. The van der Waals surface area contributed by atoms with Crippen LogP contribution >= 0.6 is 0 Å². The van der Waals surface area contributed by atoms with Gasteiger partial charge in [-0.2, -0.15) is 5.10 Å². The molecule has 4 nitrogen and oxygen atoms in total. The standard InChI is InChI=1S/C14H24N2O2/c1-5-13(3)10-14(17,6-7-18-13)9-12-8-11(2)15-16(12)4/h8,17H,5-7,9-10H2,1-4H3. The van der Waals surface area contributed by atoms with Crippen LogP contribution in [0.15, 0.2) is 6.07 Å². The molecule has 0 radical (unpaired) electrons. The smallest absolute Gasteiger partial charge is 0.0752 e. The molecule has 0 saturated carbocycles. The van der Waals surface area contributed by atoms with Crippen LogP contribution < -0.4 is 0 Å². The zero-order valence-corrected chi connectivity index (χ0v) is 11.9. The average molecular weight is 252 g/mol. The van der Waals surface area contributed by atoms with Crippen LogP contribution in [-0.4, -0.2) is 32.7 Å². The molecule has 2 atom stereocenters. The molecule has 18 heavy (non-hydrogen) atoms. The molecule has 1 N–H and O–H groups in total. The lowest BCUT2D eigenvalue weighted by molar-refractivity contribution is -0.153. The van der Waals surface area contributed by atoms with Crippen LogP contribution in [0, 0.1) is 6.92 Å². The summed E-state index contributed by atoms with van der Waals surface area (Å²) in [5, 5.41) is 15.1. The van der Waals surface area contributed by atoms with E-state index in [0.29, 0.717) is 25.9 Å². The van der Waals surface area contributed by atoms with Crippen molar-refractivity contribution >= 4 is 0 Å². The third-order valence-corrected chi connectivity index (χ3v) is 4.08. The quantitative estimate of drug-likeness (QED) is 0.895. The second kappa shape index (κ2) is 4.67. The Kier molecular flexibility index (Phi) is 3.52. The zero-order valence-electron chi connectivity index (χ0n) is 11.9. The fraction of sp³-hybridized carbons (Fsp3) is 0.786. The highest BCUT2D eigenvalue weighted by atomic mass is 16.5. The lowest BCUT2D eigenvalue weighted by Crippen LogP contribution is -2.48. The molecule has 2 unspecified atom stereocenters. The van der Waals surface area contributed by atoms with Gasteiger partial charge in [0.1, 0.15) is 0 Å². The number of hydrogen-bond donors (Lipinski definition) is 1. The summed E-state index contributed by atoms with van der Waals surface area (Å²) in [5.74, 6) is 0. The summed E-state index contributed by atoms with van der Waals surface area (Å²) in [6.07, 6.45) is 2.98. The molecule has 0 spiro atoms. The van der Waals surface area contributed by atoms with Crippen molar-refractivity contribution < 1.29 is 9.84 Å². The van der Waals surface area contributed by atoms with Crippen molar-refractivity contribution in [3.05, 3.63) is 17.5 Å². The normalized spacial score (nSPS) is 32.7. The SMILES string of the molecule is CCC1(C)CC(O)(Cc2cc(C)nn2C)CCO1. The van der Waals surface area contributed by atoms with Crippen molar-refractivity contribution in [2.75, 3.05) is 6.61 Å². The first kappa shape index (κ1) is 13.6. The summed E-state index contributed by atoms with van der Waals surface area (Å²) >= 11 is 0. The topological polar surface area (TPSA) is 47.3 Å². The van der Waals surface area contributed by atoms with Gasteiger partial charge in [-0.3, -0.25) is 4.68 Å². The molecule has 0 amide bonds. The Bertz CT molecular complexity index is 429. The van der Waals surface area contributed by atoms with Crippen molar-refractivity contribution in [1.29, 1.82) is 0 Å². The van der Waals surface area contributed by atoms with E-state index in [0.717, 1.165) is 17.8 Å². The molecule has 1 saturated heterocycles. The molecular formula is C14H24N2O2. The van der Waals surface area contributed by atoms with E-state index in [1.807, 2.05) is 18.7 Å². The predicted molar refractivity (Wildman–Crippen MR) is 70.5 cm³/mol. The molecule has 1 aliphatic rings. The molecule has 1 aromatic rings. The molecule has 102 valence electrons. The number of nitrogens with zero attached hydrogens (tertiary/aromatic N) is 2. The summed E-state index contributed by atoms with van der Waals surface area (Å²) in [6, 6.07) is 2.05. The van der Waals surface area contributed by atoms with Crippen molar-refractivity contribution in [3.8, 4) is 0 Å². The molecule has 4 heteroatoms. The number of aromatic nitrogens is 2. The van der Waals surface area contributed by atoms with E-state index in [1.165, 1.54) is 0 Å². The van der Waals surface area contributed by atoms with Crippen LogP contribution in [0.2, 0.25) is 0 Å². The molecule has 2 heterocycles. The number of aliphatic hydroxyl groups is 1. The molecule has 1 aliphatic heterocycles.